The molecule has 1 saturated carbocycles. The van der Waals surface area contributed by atoms with Gasteiger partial charge in [0, 0.05) is 11.6 Å². The van der Waals surface area contributed by atoms with Crippen molar-refractivity contribution in [3.05, 3.63) is 42.2 Å². The van der Waals surface area contributed by atoms with Gasteiger partial charge in [-0.25, -0.2) is 0 Å². The molecule has 1 N–H and O–H groups in total. The van der Waals surface area contributed by atoms with Crippen LogP contribution in [0.3, 0.4) is 0 Å². The number of aliphatic hydroxyl groups is 1. The predicted molar refractivity (Wildman–Crippen MR) is 64.0 cm³/mol. The van der Waals surface area contributed by atoms with Gasteiger partial charge in [0.2, 0.25) is 0 Å². The van der Waals surface area contributed by atoms with Crippen molar-refractivity contribution in [1.82, 2.24) is 4.98 Å². The highest BCUT2D eigenvalue weighted by Crippen LogP contribution is 2.38. The van der Waals surface area contributed by atoms with Crippen LogP contribution in [0, 0.1) is 5.92 Å². The van der Waals surface area contributed by atoms with Gasteiger partial charge >= 0.3 is 0 Å². The molecule has 82 valence electrons. The van der Waals surface area contributed by atoms with E-state index in [9.17, 15) is 5.11 Å². The summed E-state index contributed by atoms with van der Waals surface area (Å²) in [6, 6.07) is 10.1. The van der Waals surface area contributed by atoms with Crippen molar-refractivity contribution in [2.75, 3.05) is 0 Å². The maximum atomic E-state index is 10.2. The standard InChI is InChI=1S/C14H15NO/c16-13(9-10-5-6-10)14-12-4-2-1-3-11(12)7-8-15-14/h1-4,7-8,10,13,16H,5-6,9H2. The second-order valence-electron chi connectivity index (χ2n) is 4.61. The van der Waals surface area contributed by atoms with Crippen LogP contribution in [0.15, 0.2) is 36.5 Å². The van der Waals surface area contributed by atoms with E-state index in [1.54, 1.807) is 6.20 Å². The van der Waals surface area contributed by atoms with Crippen LogP contribution in [-0.4, -0.2) is 10.1 Å². The van der Waals surface area contributed by atoms with E-state index in [2.05, 4.69) is 11.1 Å². The normalized spacial score (nSPS) is 17.6. The number of pyridine rings is 1. The molecule has 1 fully saturated rings. The summed E-state index contributed by atoms with van der Waals surface area (Å²) >= 11 is 0. The maximum Gasteiger partial charge on any atom is 0.0968 e. The minimum Gasteiger partial charge on any atom is -0.387 e. The zero-order valence-corrected chi connectivity index (χ0v) is 9.13. The van der Waals surface area contributed by atoms with E-state index in [1.807, 2.05) is 24.3 Å². The molecule has 1 heterocycles. The second-order valence-corrected chi connectivity index (χ2v) is 4.61. The quantitative estimate of drug-likeness (QED) is 0.850. The van der Waals surface area contributed by atoms with Crippen molar-refractivity contribution in [2.45, 2.75) is 25.4 Å². The van der Waals surface area contributed by atoms with Gasteiger partial charge in [-0.1, -0.05) is 37.1 Å². The van der Waals surface area contributed by atoms with E-state index in [-0.39, 0.29) is 0 Å². The van der Waals surface area contributed by atoms with Crippen LogP contribution in [-0.2, 0) is 0 Å². The Bertz CT molecular complexity index is 500. The Kier molecular flexibility index (Phi) is 2.37. The molecular formula is C14H15NO. The minimum absolute atomic E-state index is 0.404. The summed E-state index contributed by atoms with van der Waals surface area (Å²) in [5, 5.41) is 12.4. The Balaban J connectivity index is 2.00. The molecule has 1 atom stereocenters. The van der Waals surface area contributed by atoms with Crippen molar-refractivity contribution < 1.29 is 5.11 Å². The lowest BCUT2D eigenvalue weighted by atomic mass is 10.0. The molecule has 1 unspecified atom stereocenters. The Labute approximate surface area is 94.9 Å². The van der Waals surface area contributed by atoms with E-state index in [4.69, 9.17) is 0 Å². The molecule has 3 rings (SSSR count). The number of aromatic nitrogens is 1. The summed E-state index contributed by atoms with van der Waals surface area (Å²) < 4.78 is 0. The van der Waals surface area contributed by atoms with Crippen molar-refractivity contribution in [1.29, 1.82) is 0 Å². The third kappa shape index (κ3) is 1.81. The van der Waals surface area contributed by atoms with Gasteiger partial charge in [0.15, 0.2) is 0 Å². The third-order valence-electron chi connectivity index (χ3n) is 3.27. The molecule has 0 saturated heterocycles. The summed E-state index contributed by atoms with van der Waals surface area (Å²) in [5.41, 5.74) is 0.838. The van der Waals surface area contributed by atoms with Crippen LogP contribution >= 0.6 is 0 Å². The largest absolute Gasteiger partial charge is 0.387 e. The molecule has 1 aromatic heterocycles. The van der Waals surface area contributed by atoms with E-state index in [0.29, 0.717) is 0 Å². The van der Waals surface area contributed by atoms with Crippen LogP contribution in [0.5, 0.6) is 0 Å². The van der Waals surface area contributed by atoms with Crippen molar-refractivity contribution in [3.63, 3.8) is 0 Å². The average molecular weight is 213 g/mol. The van der Waals surface area contributed by atoms with Crippen LogP contribution in [0.2, 0.25) is 0 Å². The van der Waals surface area contributed by atoms with E-state index in [0.717, 1.165) is 28.8 Å². The molecule has 2 nitrogen and oxygen atoms in total. The summed E-state index contributed by atoms with van der Waals surface area (Å²) in [4.78, 5) is 4.34. The molecule has 0 amide bonds. The number of fused-ring (bicyclic) bond motifs is 1. The summed E-state index contributed by atoms with van der Waals surface area (Å²) in [5.74, 6) is 0.718. The molecule has 0 radical (unpaired) electrons. The molecule has 0 spiro atoms. The fourth-order valence-electron chi connectivity index (χ4n) is 2.19. The van der Waals surface area contributed by atoms with E-state index < -0.39 is 6.10 Å². The molecular weight excluding hydrogens is 198 g/mol. The first-order chi connectivity index (χ1) is 7.84. The first-order valence-electron chi connectivity index (χ1n) is 5.86. The van der Waals surface area contributed by atoms with E-state index in [1.165, 1.54) is 12.8 Å². The molecule has 1 aliphatic rings. The molecule has 1 aromatic carbocycles. The third-order valence-corrected chi connectivity index (χ3v) is 3.27. The van der Waals surface area contributed by atoms with E-state index >= 15 is 0 Å². The molecule has 2 aromatic rings. The Hall–Kier alpha value is -1.41. The van der Waals surface area contributed by atoms with Gasteiger partial charge < -0.3 is 5.11 Å². The zero-order chi connectivity index (χ0) is 11.0. The van der Waals surface area contributed by atoms with Gasteiger partial charge in [0.1, 0.15) is 0 Å². The maximum absolute atomic E-state index is 10.2. The first kappa shape index (κ1) is 9.79. The molecule has 0 bridgehead atoms. The SMILES string of the molecule is OC(CC1CC1)c1nccc2ccccc12. The van der Waals surface area contributed by atoms with Crippen LogP contribution in [0.1, 0.15) is 31.1 Å². The lowest BCUT2D eigenvalue weighted by molar-refractivity contribution is 0.157. The smallest absolute Gasteiger partial charge is 0.0968 e. The van der Waals surface area contributed by atoms with Crippen molar-refractivity contribution in [3.8, 4) is 0 Å². The number of hydrogen-bond donors (Lipinski definition) is 1. The summed E-state index contributed by atoms with van der Waals surface area (Å²) in [6.07, 6.45) is 4.77. The molecule has 16 heavy (non-hydrogen) atoms. The average Bonchev–Trinajstić information content (AvgIpc) is 3.12. The zero-order valence-electron chi connectivity index (χ0n) is 9.13. The van der Waals surface area contributed by atoms with Gasteiger partial charge in [0.25, 0.3) is 0 Å². The lowest BCUT2D eigenvalue weighted by Crippen LogP contribution is -2.02. The van der Waals surface area contributed by atoms with Crippen LogP contribution in [0.4, 0.5) is 0 Å². The Morgan fingerprint density at radius 1 is 1.25 bits per heavy atom. The number of benzene rings is 1. The fraction of sp³-hybridized carbons (Fsp3) is 0.357. The van der Waals surface area contributed by atoms with Gasteiger partial charge in [0.05, 0.1) is 11.8 Å². The highest BCUT2D eigenvalue weighted by atomic mass is 16.3. The minimum atomic E-state index is -0.404. The second kappa shape index (κ2) is 3.87. The van der Waals surface area contributed by atoms with Gasteiger partial charge in [-0.3, -0.25) is 4.98 Å². The van der Waals surface area contributed by atoms with Crippen LogP contribution in [0.25, 0.3) is 10.8 Å². The predicted octanol–water partition coefficient (Wildman–Crippen LogP) is 3.07. The molecule has 0 aliphatic heterocycles. The number of rotatable bonds is 3. The summed E-state index contributed by atoms with van der Waals surface area (Å²) in [6.45, 7) is 0. The molecule has 2 heteroatoms. The number of nitrogens with zero attached hydrogens (tertiary/aromatic N) is 1. The fourth-order valence-corrected chi connectivity index (χ4v) is 2.19. The monoisotopic (exact) mass is 213 g/mol. The van der Waals surface area contributed by atoms with Crippen LogP contribution < -0.4 is 0 Å². The topological polar surface area (TPSA) is 33.1 Å². The van der Waals surface area contributed by atoms with Gasteiger partial charge in [-0.15, -0.1) is 0 Å². The van der Waals surface area contributed by atoms with Crippen molar-refractivity contribution in [2.24, 2.45) is 5.92 Å². The Morgan fingerprint density at radius 2 is 2.06 bits per heavy atom. The van der Waals surface area contributed by atoms with Crippen molar-refractivity contribution >= 4 is 10.8 Å². The Morgan fingerprint density at radius 3 is 2.88 bits per heavy atom. The summed E-state index contributed by atoms with van der Waals surface area (Å²) in [7, 11) is 0. The highest BCUT2D eigenvalue weighted by molar-refractivity contribution is 5.84. The number of aliphatic hydroxyl groups excluding tert-OH is 1. The van der Waals surface area contributed by atoms with Gasteiger partial charge in [-0.2, -0.15) is 0 Å². The lowest BCUT2D eigenvalue weighted by Gasteiger charge is -2.11. The van der Waals surface area contributed by atoms with Gasteiger partial charge in [-0.05, 0) is 23.8 Å². The molecule has 1 aliphatic carbocycles. The highest BCUT2D eigenvalue weighted by Gasteiger charge is 2.26. The number of hydrogen-bond acceptors (Lipinski definition) is 2. The first-order valence-corrected chi connectivity index (χ1v) is 5.86.